The molecule has 20 heavy (non-hydrogen) atoms. The van der Waals surface area contributed by atoms with Crippen molar-refractivity contribution in [2.24, 2.45) is 7.05 Å². The molecule has 0 saturated carbocycles. The van der Waals surface area contributed by atoms with Crippen LogP contribution in [0.3, 0.4) is 0 Å². The molecule has 0 radical (unpaired) electrons. The third-order valence-corrected chi connectivity index (χ3v) is 3.12. The molecule has 1 saturated heterocycles. The summed E-state index contributed by atoms with van der Waals surface area (Å²) in [5.74, 6) is 0.385. The molecule has 0 atom stereocenters. The third-order valence-electron chi connectivity index (χ3n) is 3.12. The van der Waals surface area contributed by atoms with E-state index in [0.29, 0.717) is 11.6 Å². The van der Waals surface area contributed by atoms with E-state index in [-0.39, 0.29) is 11.6 Å². The summed E-state index contributed by atoms with van der Waals surface area (Å²) in [4.78, 5) is 22.6. The molecule has 0 bridgehead atoms. The molecule has 8 nitrogen and oxygen atoms in total. The molecule has 8 heteroatoms. The van der Waals surface area contributed by atoms with Crippen LogP contribution < -0.4 is 10.2 Å². The number of aromatic nitrogens is 5. The molecule has 0 unspecified atom stereocenters. The Labute approximate surface area is 115 Å². The lowest BCUT2D eigenvalue weighted by molar-refractivity contribution is 0.102. The van der Waals surface area contributed by atoms with Crippen molar-refractivity contribution in [2.75, 3.05) is 23.3 Å². The van der Waals surface area contributed by atoms with E-state index in [1.807, 2.05) is 0 Å². The van der Waals surface area contributed by atoms with Gasteiger partial charge in [0.15, 0.2) is 5.69 Å². The zero-order valence-corrected chi connectivity index (χ0v) is 11.2. The van der Waals surface area contributed by atoms with Crippen LogP contribution in [0.1, 0.15) is 23.3 Å². The van der Waals surface area contributed by atoms with Gasteiger partial charge in [-0.3, -0.25) is 9.48 Å². The number of hydrogen-bond acceptors (Lipinski definition) is 6. The number of rotatable bonds is 3. The third kappa shape index (κ3) is 2.58. The van der Waals surface area contributed by atoms with Crippen molar-refractivity contribution in [3.8, 4) is 0 Å². The number of anilines is 2. The van der Waals surface area contributed by atoms with E-state index >= 15 is 0 Å². The SMILES string of the molecule is Cn1cc(C(=O)Nc2cnc(N3CCCC3)nc2)nn1. The van der Waals surface area contributed by atoms with Gasteiger partial charge in [0.2, 0.25) is 5.95 Å². The zero-order valence-electron chi connectivity index (χ0n) is 11.2. The van der Waals surface area contributed by atoms with E-state index in [2.05, 4.69) is 30.5 Å². The smallest absolute Gasteiger partial charge is 0.277 e. The zero-order chi connectivity index (χ0) is 13.9. The molecular formula is C12H15N7O. The summed E-state index contributed by atoms with van der Waals surface area (Å²) in [6, 6.07) is 0. The van der Waals surface area contributed by atoms with Gasteiger partial charge < -0.3 is 10.2 Å². The maximum atomic E-state index is 11.9. The quantitative estimate of drug-likeness (QED) is 0.873. The second-order valence-corrected chi connectivity index (χ2v) is 4.70. The monoisotopic (exact) mass is 273 g/mol. The van der Waals surface area contributed by atoms with Crippen LogP contribution in [-0.4, -0.2) is 44.0 Å². The van der Waals surface area contributed by atoms with Crippen LogP contribution in [0, 0.1) is 0 Å². The minimum absolute atomic E-state index is 0.260. The summed E-state index contributed by atoms with van der Waals surface area (Å²) in [5.41, 5.74) is 0.805. The van der Waals surface area contributed by atoms with Crippen LogP contribution >= 0.6 is 0 Å². The van der Waals surface area contributed by atoms with Gasteiger partial charge >= 0.3 is 0 Å². The normalized spacial score (nSPS) is 14.6. The number of carbonyl (C=O) groups is 1. The first-order valence-corrected chi connectivity index (χ1v) is 6.47. The lowest BCUT2D eigenvalue weighted by atomic mass is 10.4. The summed E-state index contributed by atoms with van der Waals surface area (Å²) in [5, 5.41) is 10.1. The van der Waals surface area contributed by atoms with Gasteiger partial charge in [-0.1, -0.05) is 5.21 Å². The van der Waals surface area contributed by atoms with Crippen molar-refractivity contribution in [1.29, 1.82) is 0 Å². The Kier molecular flexibility index (Phi) is 3.28. The summed E-state index contributed by atoms with van der Waals surface area (Å²) >= 11 is 0. The number of carbonyl (C=O) groups excluding carboxylic acids is 1. The fourth-order valence-electron chi connectivity index (χ4n) is 2.11. The first-order chi connectivity index (χ1) is 9.72. The molecule has 0 aliphatic carbocycles. The summed E-state index contributed by atoms with van der Waals surface area (Å²) in [7, 11) is 1.71. The standard InChI is InChI=1S/C12H15N7O/c1-18-8-10(16-17-18)11(20)15-9-6-13-12(14-7-9)19-4-2-3-5-19/h6-8H,2-5H2,1H3,(H,15,20). The Hall–Kier alpha value is -2.51. The van der Waals surface area contributed by atoms with Gasteiger partial charge in [0.1, 0.15) is 0 Å². The Morgan fingerprint density at radius 2 is 1.95 bits per heavy atom. The molecule has 3 rings (SSSR count). The fourth-order valence-corrected chi connectivity index (χ4v) is 2.11. The predicted molar refractivity (Wildman–Crippen MR) is 72.4 cm³/mol. The van der Waals surface area contributed by atoms with Gasteiger partial charge in [0, 0.05) is 20.1 Å². The van der Waals surface area contributed by atoms with Crippen molar-refractivity contribution in [1.82, 2.24) is 25.0 Å². The van der Waals surface area contributed by atoms with Gasteiger partial charge in [-0.05, 0) is 12.8 Å². The minimum Gasteiger partial charge on any atom is -0.341 e. The minimum atomic E-state index is -0.323. The molecule has 3 heterocycles. The van der Waals surface area contributed by atoms with Crippen LogP contribution in [0.2, 0.25) is 0 Å². The van der Waals surface area contributed by atoms with Crippen LogP contribution in [0.25, 0.3) is 0 Å². The molecule has 1 aliphatic heterocycles. The Balaban J connectivity index is 1.67. The molecule has 0 spiro atoms. The van der Waals surface area contributed by atoms with Crippen LogP contribution in [0.5, 0.6) is 0 Å². The van der Waals surface area contributed by atoms with Crippen molar-refractivity contribution < 1.29 is 4.79 Å². The average Bonchev–Trinajstić information content (AvgIpc) is 3.10. The van der Waals surface area contributed by atoms with Gasteiger partial charge in [-0.2, -0.15) is 0 Å². The van der Waals surface area contributed by atoms with Crippen LogP contribution in [-0.2, 0) is 7.05 Å². The van der Waals surface area contributed by atoms with E-state index in [9.17, 15) is 4.79 Å². The summed E-state index contributed by atoms with van der Waals surface area (Å²) in [6.45, 7) is 1.98. The van der Waals surface area contributed by atoms with E-state index in [1.165, 1.54) is 17.5 Å². The molecule has 104 valence electrons. The van der Waals surface area contributed by atoms with E-state index in [1.54, 1.807) is 25.6 Å². The number of hydrogen-bond donors (Lipinski definition) is 1. The molecule has 1 N–H and O–H groups in total. The lowest BCUT2D eigenvalue weighted by Gasteiger charge is -2.14. The summed E-state index contributed by atoms with van der Waals surface area (Å²) in [6.07, 6.45) is 7.11. The van der Waals surface area contributed by atoms with E-state index in [4.69, 9.17) is 0 Å². The van der Waals surface area contributed by atoms with Gasteiger partial charge in [0.25, 0.3) is 5.91 Å². The second kappa shape index (κ2) is 5.24. The highest BCUT2D eigenvalue weighted by Crippen LogP contribution is 2.16. The predicted octanol–water partition coefficient (Wildman–Crippen LogP) is 0.458. The number of nitrogens with zero attached hydrogens (tertiary/aromatic N) is 6. The first-order valence-electron chi connectivity index (χ1n) is 6.47. The van der Waals surface area contributed by atoms with Crippen molar-refractivity contribution in [3.05, 3.63) is 24.3 Å². The van der Waals surface area contributed by atoms with Crippen LogP contribution in [0.4, 0.5) is 11.6 Å². The van der Waals surface area contributed by atoms with Crippen molar-refractivity contribution >= 4 is 17.5 Å². The van der Waals surface area contributed by atoms with E-state index in [0.717, 1.165) is 13.1 Å². The average molecular weight is 273 g/mol. The van der Waals surface area contributed by atoms with Crippen molar-refractivity contribution in [2.45, 2.75) is 12.8 Å². The van der Waals surface area contributed by atoms with E-state index < -0.39 is 0 Å². The largest absolute Gasteiger partial charge is 0.341 e. The highest BCUT2D eigenvalue weighted by Gasteiger charge is 2.15. The van der Waals surface area contributed by atoms with Crippen molar-refractivity contribution in [3.63, 3.8) is 0 Å². The summed E-state index contributed by atoms with van der Waals surface area (Å²) < 4.78 is 1.47. The molecule has 2 aromatic rings. The Bertz CT molecular complexity index is 601. The lowest BCUT2D eigenvalue weighted by Crippen LogP contribution is -2.20. The maximum Gasteiger partial charge on any atom is 0.277 e. The topological polar surface area (TPSA) is 88.8 Å². The number of aryl methyl sites for hydroxylation is 1. The Morgan fingerprint density at radius 1 is 1.25 bits per heavy atom. The Morgan fingerprint density at radius 3 is 2.55 bits per heavy atom. The molecule has 0 aromatic carbocycles. The number of nitrogens with one attached hydrogen (secondary N) is 1. The highest BCUT2D eigenvalue weighted by atomic mass is 16.2. The molecule has 1 amide bonds. The molecule has 2 aromatic heterocycles. The van der Waals surface area contributed by atoms with Crippen LogP contribution in [0.15, 0.2) is 18.6 Å². The van der Waals surface area contributed by atoms with Gasteiger partial charge in [0.05, 0.1) is 24.3 Å². The van der Waals surface area contributed by atoms with Gasteiger partial charge in [-0.15, -0.1) is 5.10 Å². The molecule has 1 fully saturated rings. The fraction of sp³-hybridized carbons (Fsp3) is 0.417. The van der Waals surface area contributed by atoms with Gasteiger partial charge in [-0.25, -0.2) is 9.97 Å². The molecule has 1 aliphatic rings. The molecular weight excluding hydrogens is 258 g/mol. The highest BCUT2D eigenvalue weighted by molar-refractivity contribution is 6.02. The second-order valence-electron chi connectivity index (χ2n) is 4.70. The number of amides is 1. The maximum absolute atomic E-state index is 11.9. The first kappa shape index (κ1) is 12.5.